The van der Waals surface area contributed by atoms with Gasteiger partial charge in [0.25, 0.3) is 5.91 Å². The molecule has 1 amide bonds. The molecule has 0 unspecified atom stereocenters. The molecule has 0 aliphatic rings. The molecule has 0 saturated carbocycles. The molecule has 1 heterocycles. The van der Waals surface area contributed by atoms with E-state index in [0.717, 1.165) is 5.69 Å². The fraction of sp³-hybridized carbons (Fsp3) is 0.235. The van der Waals surface area contributed by atoms with Crippen molar-refractivity contribution in [2.45, 2.75) is 13.3 Å². The molecule has 0 fully saturated rings. The fourth-order valence-corrected chi connectivity index (χ4v) is 1.88. The van der Waals surface area contributed by atoms with Gasteiger partial charge in [-0.05, 0) is 31.2 Å². The predicted molar refractivity (Wildman–Crippen MR) is 82.9 cm³/mol. The van der Waals surface area contributed by atoms with Gasteiger partial charge in [0.05, 0.1) is 0 Å². The molecule has 1 N–H and O–H groups in total. The number of ketones is 1. The Kier molecular flexibility index (Phi) is 5.65. The van der Waals surface area contributed by atoms with Crippen LogP contribution in [0.3, 0.4) is 0 Å². The summed E-state index contributed by atoms with van der Waals surface area (Å²) in [6, 6.07) is 12.5. The van der Waals surface area contributed by atoms with E-state index in [2.05, 4.69) is 10.3 Å². The van der Waals surface area contributed by atoms with Gasteiger partial charge in [-0.25, -0.2) is 0 Å². The number of carbonyl (C=O) groups excluding carboxylic acids is 2. The highest BCUT2D eigenvalue weighted by Crippen LogP contribution is 2.13. The van der Waals surface area contributed by atoms with Crippen LogP contribution in [0, 0.1) is 0 Å². The molecule has 22 heavy (non-hydrogen) atoms. The third kappa shape index (κ3) is 5.01. The van der Waals surface area contributed by atoms with Crippen LogP contribution in [0.2, 0.25) is 0 Å². The summed E-state index contributed by atoms with van der Waals surface area (Å²) in [6.07, 6.45) is 2.40. The maximum atomic E-state index is 11.7. The van der Waals surface area contributed by atoms with E-state index in [-0.39, 0.29) is 18.3 Å². The average molecular weight is 298 g/mol. The second kappa shape index (κ2) is 7.93. The molecule has 2 aromatic rings. The Balaban J connectivity index is 1.73. The number of aromatic nitrogens is 1. The number of nitrogens with zero attached hydrogens (tertiary/aromatic N) is 1. The highest BCUT2D eigenvalue weighted by molar-refractivity contribution is 5.94. The van der Waals surface area contributed by atoms with Gasteiger partial charge in [0.2, 0.25) is 0 Å². The standard InChI is InChI=1S/C17H18N2O3/c1-13(20)14-5-4-7-16(11-14)22-12-17(21)19-10-8-15-6-2-3-9-18-15/h2-7,9,11H,8,10,12H2,1H3,(H,19,21). The van der Waals surface area contributed by atoms with Crippen molar-refractivity contribution in [1.29, 1.82) is 0 Å². The maximum absolute atomic E-state index is 11.7. The highest BCUT2D eigenvalue weighted by atomic mass is 16.5. The number of benzene rings is 1. The van der Waals surface area contributed by atoms with Crippen molar-refractivity contribution in [2.24, 2.45) is 0 Å². The summed E-state index contributed by atoms with van der Waals surface area (Å²) in [5.41, 5.74) is 1.49. The van der Waals surface area contributed by atoms with Gasteiger partial charge in [-0.2, -0.15) is 0 Å². The molecular weight excluding hydrogens is 280 g/mol. The third-order valence-corrected chi connectivity index (χ3v) is 3.04. The minimum Gasteiger partial charge on any atom is -0.484 e. The second-order valence-corrected chi connectivity index (χ2v) is 4.79. The fourth-order valence-electron chi connectivity index (χ4n) is 1.88. The van der Waals surface area contributed by atoms with E-state index < -0.39 is 0 Å². The first-order valence-corrected chi connectivity index (χ1v) is 7.05. The van der Waals surface area contributed by atoms with Crippen LogP contribution in [0.4, 0.5) is 0 Å². The Morgan fingerprint density at radius 3 is 2.77 bits per heavy atom. The number of amides is 1. The highest BCUT2D eigenvalue weighted by Gasteiger charge is 2.05. The molecule has 5 nitrogen and oxygen atoms in total. The molecule has 0 spiro atoms. The SMILES string of the molecule is CC(=O)c1cccc(OCC(=O)NCCc2ccccn2)c1. The topological polar surface area (TPSA) is 68.3 Å². The molecule has 0 aliphatic carbocycles. The summed E-state index contributed by atoms with van der Waals surface area (Å²) < 4.78 is 5.38. The van der Waals surface area contributed by atoms with Gasteiger partial charge in [0, 0.05) is 30.4 Å². The second-order valence-electron chi connectivity index (χ2n) is 4.79. The molecule has 1 aromatic heterocycles. The minimum atomic E-state index is -0.204. The largest absolute Gasteiger partial charge is 0.484 e. The summed E-state index contributed by atoms with van der Waals surface area (Å²) in [4.78, 5) is 27.2. The van der Waals surface area contributed by atoms with Crippen LogP contribution in [-0.2, 0) is 11.2 Å². The third-order valence-electron chi connectivity index (χ3n) is 3.04. The van der Waals surface area contributed by atoms with Gasteiger partial charge in [-0.15, -0.1) is 0 Å². The van der Waals surface area contributed by atoms with Crippen molar-refractivity contribution in [2.75, 3.05) is 13.2 Å². The van der Waals surface area contributed by atoms with Crippen molar-refractivity contribution in [3.8, 4) is 5.75 Å². The molecule has 0 aliphatic heterocycles. The van der Waals surface area contributed by atoms with Crippen molar-refractivity contribution >= 4 is 11.7 Å². The number of hydrogen-bond donors (Lipinski definition) is 1. The molecule has 1 aromatic carbocycles. The van der Waals surface area contributed by atoms with E-state index in [9.17, 15) is 9.59 Å². The summed E-state index contributed by atoms with van der Waals surface area (Å²) in [7, 11) is 0. The lowest BCUT2D eigenvalue weighted by Crippen LogP contribution is -2.30. The maximum Gasteiger partial charge on any atom is 0.257 e. The Bertz CT molecular complexity index is 641. The quantitative estimate of drug-likeness (QED) is 0.794. The van der Waals surface area contributed by atoms with E-state index in [1.807, 2.05) is 18.2 Å². The number of nitrogens with one attached hydrogen (secondary N) is 1. The number of pyridine rings is 1. The summed E-state index contributed by atoms with van der Waals surface area (Å²) in [6.45, 7) is 1.92. The zero-order valence-electron chi connectivity index (χ0n) is 12.4. The number of carbonyl (C=O) groups is 2. The molecule has 2 rings (SSSR count). The van der Waals surface area contributed by atoms with E-state index in [0.29, 0.717) is 24.3 Å². The monoisotopic (exact) mass is 298 g/mol. The summed E-state index contributed by atoms with van der Waals surface area (Å²) in [5.74, 6) is 0.266. The first-order chi connectivity index (χ1) is 10.6. The van der Waals surface area contributed by atoms with Crippen LogP contribution < -0.4 is 10.1 Å². The van der Waals surface area contributed by atoms with E-state index in [1.165, 1.54) is 6.92 Å². The first-order valence-electron chi connectivity index (χ1n) is 7.05. The lowest BCUT2D eigenvalue weighted by atomic mass is 10.1. The Morgan fingerprint density at radius 1 is 1.18 bits per heavy atom. The van der Waals surface area contributed by atoms with Crippen LogP contribution in [-0.4, -0.2) is 29.8 Å². The molecule has 0 atom stereocenters. The van der Waals surface area contributed by atoms with Crippen molar-refractivity contribution in [3.63, 3.8) is 0 Å². The van der Waals surface area contributed by atoms with Crippen molar-refractivity contribution in [3.05, 3.63) is 59.9 Å². The number of hydrogen-bond acceptors (Lipinski definition) is 4. The zero-order chi connectivity index (χ0) is 15.8. The normalized spacial score (nSPS) is 10.0. The molecule has 114 valence electrons. The molecule has 0 radical (unpaired) electrons. The lowest BCUT2D eigenvalue weighted by molar-refractivity contribution is -0.123. The van der Waals surface area contributed by atoms with Gasteiger partial charge >= 0.3 is 0 Å². The van der Waals surface area contributed by atoms with Crippen molar-refractivity contribution < 1.29 is 14.3 Å². The van der Waals surface area contributed by atoms with E-state index >= 15 is 0 Å². The van der Waals surface area contributed by atoms with Crippen molar-refractivity contribution in [1.82, 2.24) is 10.3 Å². The van der Waals surface area contributed by atoms with E-state index in [4.69, 9.17) is 4.74 Å². The van der Waals surface area contributed by atoms with Gasteiger partial charge in [0.1, 0.15) is 5.75 Å². The first kappa shape index (κ1) is 15.7. The number of Topliss-reactive ketones (excluding diaryl/α,β-unsaturated/α-hetero) is 1. The van der Waals surface area contributed by atoms with Crippen LogP contribution in [0.1, 0.15) is 23.0 Å². The molecule has 0 bridgehead atoms. The van der Waals surface area contributed by atoms with Crippen LogP contribution >= 0.6 is 0 Å². The molecule has 5 heteroatoms. The molecule has 0 saturated heterocycles. The van der Waals surface area contributed by atoms with Crippen LogP contribution in [0.15, 0.2) is 48.7 Å². The van der Waals surface area contributed by atoms with Gasteiger partial charge in [0.15, 0.2) is 12.4 Å². The van der Waals surface area contributed by atoms with Gasteiger partial charge in [-0.3, -0.25) is 14.6 Å². The van der Waals surface area contributed by atoms with Gasteiger partial charge in [-0.1, -0.05) is 18.2 Å². The minimum absolute atomic E-state index is 0.0368. The average Bonchev–Trinajstić information content (AvgIpc) is 2.54. The van der Waals surface area contributed by atoms with Gasteiger partial charge < -0.3 is 10.1 Å². The van der Waals surface area contributed by atoms with Crippen LogP contribution in [0.5, 0.6) is 5.75 Å². The predicted octanol–water partition coefficient (Wildman–Crippen LogP) is 2.02. The smallest absolute Gasteiger partial charge is 0.257 e. The Labute approximate surface area is 129 Å². The molecular formula is C17H18N2O3. The number of rotatable bonds is 7. The lowest BCUT2D eigenvalue weighted by Gasteiger charge is -2.08. The number of ether oxygens (including phenoxy) is 1. The Morgan fingerprint density at radius 2 is 2.05 bits per heavy atom. The van der Waals surface area contributed by atoms with Crippen LogP contribution in [0.25, 0.3) is 0 Å². The summed E-state index contributed by atoms with van der Waals surface area (Å²) in [5, 5.41) is 2.77. The summed E-state index contributed by atoms with van der Waals surface area (Å²) >= 11 is 0. The van der Waals surface area contributed by atoms with E-state index in [1.54, 1.807) is 30.5 Å². The zero-order valence-corrected chi connectivity index (χ0v) is 12.4. The Hall–Kier alpha value is -2.69.